The summed E-state index contributed by atoms with van der Waals surface area (Å²) in [6.07, 6.45) is 2.64. The SMILES string of the molecule is CC1CCN(Cc2cccc(CN=C(N)N3CCOCC3)c2)CC1. The first kappa shape index (κ1) is 17.2. The molecule has 24 heavy (non-hydrogen) atoms. The monoisotopic (exact) mass is 330 g/mol. The molecule has 0 amide bonds. The lowest BCUT2D eigenvalue weighted by atomic mass is 9.98. The van der Waals surface area contributed by atoms with Gasteiger partial charge >= 0.3 is 0 Å². The zero-order chi connectivity index (χ0) is 16.8. The van der Waals surface area contributed by atoms with Crippen LogP contribution in [0.2, 0.25) is 0 Å². The van der Waals surface area contributed by atoms with Crippen LogP contribution in [-0.4, -0.2) is 55.2 Å². The number of benzene rings is 1. The minimum absolute atomic E-state index is 0.633. The number of hydrogen-bond donors (Lipinski definition) is 1. The number of nitrogens with zero attached hydrogens (tertiary/aromatic N) is 3. The first-order valence-electron chi connectivity index (χ1n) is 9.13. The quantitative estimate of drug-likeness (QED) is 0.678. The van der Waals surface area contributed by atoms with Gasteiger partial charge in [0, 0.05) is 19.6 Å². The molecule has 0 aliphatic carbocycles. The second-order valence-electron chi connectivity index (χ2n) is 7.05. The van der Waals surface area contributed by atoms with Gasteiger partial charge in [-0.25, -0.2) is 4.99 Å². The zero-order valence-electron chi connectivity index (χ0n) is 14.8. The summed E-state index contributed by atoms with van der Waals surface area (Å²) in [6, 6.07) is 8.76. The van der Waals surface area contributed by atoms with Gasteiger partial charge in [0.05, 0.1) is 19.8 Å². The van der Waals surface area contributed by atoms with Crippen LogP contribution in [0.25, 0.3) is 0 Å². The van der Waals surface area contributed by atoms with Crippen LogP contribution in [-0.2, 0) is 17.8 Å². The normalized spacial score (nSPS) is 21.2. The molecule has 0 radical (unpaired) electrons. The molecule has 0 bridgehead atoms. The fraction of sp³-hybridized carbons (Fsp3) is 0.632. The lowest BCUT2D eigenvalue weighted by molar-refractivity contribution is 0.0674. The first-order chi connectivity index (χ1) is 11.7. The van der Waals surface area contributed by atoms with E-state index in [4.69, 9.17) is 10.5 Å². The van der Waals surface area contributed by atoms with Crippen molar-refractivity contribution in [1.82, 2.24) is 9.80 Å². The van der Waals surface area contributed by atoms with Gasteiger partial charge in [0.2, 0.25) is 0 Å². The van der Waals surface area contributed by atoms with Crippen molar-refractivity contribution in [2.24, 2.45) is 16.6 Å². The maximum absolute atomic E-state index is 6.11. The van der Waals surface area contributed by atoms with E-state index in [0.717, 1.165) is 38.8 Å². The zero-order valence-corrected chi connectivity index (χ0v) is 14.8. The molecule has 1 aromatic rings. The van der Waals surface area contributed by atoms with Crippen molar-refractivity contribution in [2.45, 2.75) is 32.9 Å². The summed E-state index contributed by atoms with van der Waals surface area (Å²) in [7, 11) is 0. The predicted molar refractivity (Wildman–Crippen MR) is 97.8 cm³/mol. The van der Waals surface area contributed by atoms with Crippen LogP contribution in [0.15, 0.2) is 29.3 Å². The highest BCUT2D eigenvalue weighted by atomic mass is 16.5. The molecule has 2 fully saturated rings. The molecule has 0 aromatic heterocycles. The molecule has 2 aliphatic rings. The van der Waals surface area contributed by atoms with Gasteiger partial charge < -0.3 is 15.4 Å². The molecular formula is C19H30N4O. The molecule has 5 heteroatoms. The van der Waals surface area contributed by atoms with Gasteiger partial charge in [0.1, 0.15) is 0 Å². The summed E-state index contributed by atoms with van der Waals surface area (Å²) in [6.45, 7) is 9.62. The van der Waals surface area contributed by atoms with Crippen LogP contribution in [0.3, 0.4) is 0 Å². The number of likely N-dealkylation sites (tertiary alicyclic amines) is 1. The standard InChI is InChI=1S/C19H30N4O/c1-16-5-7-22(8-6-16)15-18-4-2-3-17(13-18)14-21-19(20)23-9-11-24-12-10-23/h2-4,13,16H,5-12,14-15H2,1H3,(H2,20,21). The van der Waals surface area contributed by atoms with Gasteiger partial charge in [-0.15, -0.1) is 0 Å². The van der Waals surface area contributed by atoms with E-state index in [1.54, 1.807) is 0 Å². The number of ether oxygens (including phenoxy) is 1. The fourth-order valence-electron chi connectivity index (χ4n) is 3.37. The third-order valence-electron chi connectivity index (χ3n) is 5.03. The van der Waals surface area contributed by atoms with E-state index in [2.05, 4.69) is 46.0 Å². The highest BCUT2D eigenvalue weighted by molar-refractivity contribution is 5.78. The number of rotatable bonds is 4. The Kier molecular flexibility index (Phi) is 6.10. The number of guanidine groups is 1. The van der Waals surface area contributed by atoms with E-state index < -0.39 is 0 Å². The van der Waals surface area contributed by atoms with E-state index in [-0.39, 0.29) is 0 Å². The van der Waals surface area contributed by atoms with E-state index in [0.29, 0.717) is 12.5 Å². The molecule has 0 atom stereocenters. The topological polar surface area (TPSA) is 54.1 Å². The van der Waals surface area contributed by atoms with E-state index in [1.807, 2.05) is 0 Å². The number of piperidine rings is 1. The second kappa shape index (κ2) is 8.49. The Morgan fingerprint density at radius 1 is 1.17 bits per heavy atom. The average Bonchev–Trinajstić information content (AvgIpc) is 2.63. The Morgan fingerprint density at radius 3 is 2.62 bits per heavy atom. The van der Waals surface area contributed by atoms with Crippen molar-refractivity contribution in [3.8, 4) is 0 Å². The maximum Gasteiger partial charge on any atom is 0.191 e. The third kappa shape index (κ3) is 4.95. The van der Waals surface area contributed by atoms with Gasteiger partial charge in [-0.1, -0.05) is 31.2 Å². The molecule has 3 rings (SSSR count). The Labute approximate surface area is 145 Å². The number of nitrogens with two attached hydrogens (primary N) is 1. The minimum atomic E-state index is 0.633. The van der Waals surface area contributed by atoms with Gasteiger partial charge in [0.15, 0.2) is 5.96 Å². The van der Waals surface area contributed by atoms with Gasteiger partial charge in [0.25, 0.3) is 0 Å². The molecule has 2 saturated heterocycles. The molecule has 132 valence electrons. The molecule has 0 saturated carbocycles. The molecule has 0 spiro atoms. The number of aliphatic imine (C=N–C) groups is 1. The minimum Gasteiger partial charge on any atom is -0.378 e. The van der Waals surface area contributed by atoms with Crippen LogP contribution in [0.5, 0.6) is 0 Å². The molecular weight excluding hydrogens is 300 g/mol. The summed E-state index contributed by atoms with van der Waals surface area (Å²) in [5.41, 5.74) is 8.72. The summed E-state index contributed by atoms with van der Waals surface area (Å²) in [5.74, 6) is 1.51. The van der Waals surface area contributed by atoms with Crippen LogP contribution in [0, 0.1) is 5.92 Å². The summed E-state index contributed by atoms with van der Waals surface area (Å²) in [5, 5.41) is 0. The maximum atomic E-state index is 6.11. The molecule has 2 N–H and O–H groups in total. The average molecular weight is 330 g/mol. The molecule has 2 aliphatic heterocycles. The lowest BCUT2D eigenvalue weighted by Crippen LogP contribution is -2.44. The Bertz CT molecular complexity index is 546. The first-order valence-corrected chi connectivity index (χ1v) is 9.13. The molecule has 0 unspecified atom stereocenters. The Morgan fingerprint density at radius 2 is 1.88 bits per heavy atom. The number of hydrogen-bond acceptors (Lipinski definition) is 3. The van der Waals surface area contributed by atoms with E-state index in [1.165, 1.54) is 37.1 Å². The van der Waals surface area contributed by atoms with Crippen LogP contribution >= 0.6 is 0 Å². The van der Waals surface area contributed by atoms with Gasteiger partial charge in [-0.2, -0.15) is 0 Å². The third-order valence-corrected chi connectivity index (χ3v) is 5.03. The smallest absolute Gasteiger partial charge is 0.191 e. The summed E-state index contributed by atoms with van der Waals surface area (Å²) >= 11 is 0. The summed E-state index contributed by atoms with van der Waals surface area (Å²) in [4.78, 5) is 9.23. The van der Waals surface area contributed by atoms with Crippen molar-refractivity contribution in [3.63, 3.8) is 0 Å². The van der Waals surface area contributed by atoms with E-state index >= 15 is 0 Å². The van der Waals surface area contributed by atoms with Crippen molar-refractivity contribution in [3.05, 3.63) is 35.4 Å². The lowest BCUT2D eigenvalue weighted by Gasteiger charge is -2.30. The predicted octanol–water partition coefficient (Wildman–Crippen LogP) is 2.07. The van der Waals surface area contributed by atoms with E-state index in [9.17, 15) is 0 Å². The summed E-state index contributed by atoms with van der Waals surface area (Å²) < 4.78 is 5.35. The fourth-order valence-corrected chi connectivity index (χ4v) is 3.37. The molecule has 2 heterocycles. The van der Waals surface area contributed by atoms with Gasteiger partial charge in [-0.3, -0.25) is 4.90 Å². The molecule has 1 aromatic carbocycles. The van der Waals surface area contributed by atoms with Gasteiger partial charge in [-0.05, 0) is 43.0 Å². The second-order valence-corrected chi connectivity index (χ2v) is 7.05. The number of morpholine rings is 1. The van der Waals surface area contributed by atoms with Crippen molar-refractivity contribution >= 4 is 5.96 Å². The van der Waals surface area contributed by atoms with Crippen molar-refractivity contribution in [1.29, 1.82) is 0 Å². The largest absolute Gasteiger partial charge is 0.378 e. The Hall–Kier alpha value is -1.59. The van der Waals surface area contributed by atoms with Crippen LogP contribution < -0.4 is 5.73 Å². The highest BCUT2D eigenvalue weighted by Crippen LogP contribution is 2.18. The van der Waals surface area contributed by atoms with Crippen molar-refractivity contribution in [2.75, 3.05) is 39.4 Å². The molecule has 5 nitrogen and oxygen atoms in total. The highest BCUT2D eigenvalue weighted by Gasteiger charge is 2.16. The van der Waals surface area contributed by atoms with Crippen LogP contribution in [0.4, 0.5) is 0 Å². The van der Waals surface area contributed by atoms with Crippen molar-refractivity contribution < 1.29 is 4.74 Å². The van der Waals surface area contributed by atoms with Crippen LogP contribution in [0.1, 0.15) is 30.9 Å². The Balaban J connectivity index is 1.54.